The summed E-state index contributed by atoms with van der Waals surface area (Å²) in [5.74, 6) is 1.29. The molecule has 2 heterocycles. The second kappa shape index (κ2) is 10.4. The van der Waals surface area contributed by atoms with Gasteiger partial charge in [-0.1, -0.05) is 48.5 Å². The lowest BCUT2D eigenvalue weighted by molar-refractivity contribution is -0.123. The standard InChI is InChI=1S/C24H26N6O2/c1-18-7-5-6-10-21(18)32-16-22(31)25-13-14-30-24-20(15-29-30)23(27-17-28-24)26-12-11-19-8-3-2-4-9-19/h2-10,15,17H,11-14,16H2,1H3,(H,25,31)(H,26,27,28). The predicted octanol–water partition coefficient (Wildman–Crippen LogP) is 2.98. The first-order valence-electron chi connectivity index (χ1n) is 10.6. The van der Waals surface area contributed by atoms with Gasteiger partial charge >= 0.3 is 0 Å². The number of nitrogens with one attached hydrogen (secondary N) is 2. The number of amides is 1. The molecule has 0 radical (unpaired) electrons. The Morgan fingerprint density at radius 2 is 1.84 bits per heavy atom. The first kappa shape index (κ1) is 21.3. The first-order chi connectivity index (χ1) is 15.7. The van der Waals surface area contributed by atoms with E-state index in [1.807, 2.05) is 49.4 Å². The highest BCUT2D eigenvalue weighted by molar-refractivity contribution is 5.86. The summed E-state index contributed by atoms with van der Waals surface area (Å²) in [7, 11) is 0. The minimum Gasteiger partial charge on any atom is -0.484 e. The molecular formula is C24H26N6O2. The molecule has 0 aliphatic rings. The van der Waals surface area contributed by atoms with Crippen LogP contribution in [-0.4, -0.2) is 45.4 Å². The predicted molar refractivity (Wildman–Crippen MR) is 124 cm³/mol. The third-order valence-electron chi connectivity index (χ3n) is 5.08. The average molecular weight is 431 g/mol. The highest BCUT2D eigenvalue weighted by Gasteiger charge is 2.10. The smallest absolute Gasteiger partial charge is 0.258 e. The second-order valence-electron chi connectivity index (χ2n) is 7.39. The van der Waals surface area contributed by atoms with Crippen LogP contribution in [-0.2, 0) is 17.8 Å². The van der Waals surface area contributed by atoms with Gasteiger partial charge in [0.2, 0.25) is 0 Å². The summed E-state index contributed by atoms with van der Waals surface area (Å²) in [4.78, 5) is 20.8. The van der Waals surface area contributed by atoms with Crippen molar-refractivity contribution in [2.24, 2.45) is 0 Å². The van der Waals surface area contributed by atoms with Crippen LogP contribution in [0.1, 0.15) is 11.1 Å². The molecule has 4 aromatic rings. The lowest BCUT2D eigenvalue weighted by Gasteiger charge is -2.10. The third kappa shape index (κ3) is 5.40. The molecule has 0 spiro atoms. The highest BCUT2D eigenvalue weighted by Crippen LogP contribution is 2.18. The Hall–Kier alpha value is -3.94. The maximum Gasteiger partial charge on any atom is 0.258 e. The first-order valence-corrected chi connectivity index (χ1v) is 10.6. The lowest BCUT2D eigenvalue weighted by Crippen LogP contribution is -2.31. The van der Waals surface area contributed by atoms with Crippen molar-refractivity contribution in [3.63, 3.8) is 0 Å². The molecule has 2 N–H and O–H groups in total. The number of hydrogen-bond donors (Lipinski definition) is 2. The van der Waals surface area contributed by atoms with Gasteiger partial charge in [-0.15, -0.1) is 0 Å². The second-order valence-corrected chi connectivity index (χ2v) is 7.39. The molecule has 2 aromatic carbocycles. The number of carbonyl (C=O) groups excluding carboxylic acids is 1. The molecule has 4 rings (SSSR count). The molecule has 2 aromatic heterocycles. The number of carbonyl (C=O) groups is 1. The summed E-state index contributed by atoms with van der Waals surface area (Å²) in [5, 5.41) is 11.5. The zero-order chi connectivity index (χ0) is 22.2. The van der Waals surface area contributed by atoms with Gasteiger partial charge in [0, 0.05) is 13.1 Å². The van der Waals surface area contributed by atoms with Crippen LogP contribution in [0.3, 0.4) is 0 Å². The number of anilines is 1. The lowest BCUT2D eigenvalue weighted by atomic mass is 10.1. The molecule has 0 saturated heterocycles. The molecular weight excluding hydrogens is 404 g/mol. The third-order valence-corrected chi connectivity index (χ3v) is 5.08. The van der Waals surface area contributed by atoms with Gasteiger partial charge in [-0.25, -0.2) is 14.6 Å². The molecule has 0 fully saturated rings. The van der Waals surface area contributed by atoms with Gasteiger partial charge in [0.15, 0.2) is 12.3 Å². The van der Waals surface area contributed by atoms with E-state index in [0.29, 0.717) is 18.8 Å². The van der Waals surface area contributed by atoms with Crippen LogP contribution in [0.2, 0.25) is 0 Å². The Bertz CT molecular complexity index is 1180. The van der Waals surface area contributed by atoms with Crippen molar-refractivity contribution in [3.05, 3.63) is 78.2 Å². The number of aryl methyl sites for hydroxylation is 1. The Balaban J connectivity index is 1.28. The van der Waals surface area contributed by atoms with Gasteiger partial charge < -0.3 is 15.4 Å². The fourth-order valence-corrected chi connectivity index (χ4v) is 3.38. The van der Waals surface area contributed by atoms with Gasteiger partial charge in [0.05, 0.1) is 18.1 Å². The summed E-state index contributed by atoms with van der Waals surface area (Å²) in [6.07, 6.45) is 4.18. The van der Waals surface area contributed by atoms with E-state index in [2.05, 4.69) is 37.8 Å². The van der Waals surface area contributed by atoms with E-state index in [1.54, 1.807) is 10.9 Å². The minimum atomic E-state index is -0.178. The van der Waals surface area contributed by atoms with Gasteiger partial charge in [-0.2, -0.15) is 5.10 Å². The number of aromatic nitrogens is 4. The van der Waals surface area contributed by atoms with Crippen LogP contribution in [0.5, 0.6) is 5.75 Å². The normalized spacial score (nSPS) is 10.8. The molecule has 8 nitrogen and oxygen atoms in total. The fourth-order valence-electron chi connectivity index (χ4n) is 3.38. The summed E-state index contributed by atoms with van der Waals surface area (Å²) in [5.41, 5.74) is 2.99. The van der Waals surface area contributed by atoms with Crippen LogP contribution in [0, 0.1) is 6.92 Å². The molecule has 0 bridgehead atoms. The highest BCUT2D eigenvalue weighted by atomic mass is 16.5. The van der Waals surface area contributed by atoms with Crippen molar-refractivity contribution in [1.29, 1.82) is 0 Å². The average Bonchev–Trinajstić information content (AvgIpc) is 3.23. The zero-order valence-corrected chi connectivity index (χ0v) is 18.0. The molecule has 0 aliphatic carbocycles. The van der Waals surface area contributed by atoms with Crippen LogP contribution in [0.25, 0.3) is 11.0 Å². The molecule has 0 aliphatic heterocycles. The maximum atomic E-state index is 12.1. The van der Waals surface area contributed by atoms with Gasteiger partial charge in [-0.05, 0) is 30.5 Å². The van der Waals surface area contributed by atoms with E-state index >= 15 is 0 Å². The number of hydrogen-bond acceptors (Lipinski definition) is 6. The van der Waals surface area contributed by atoms with Crippen LogP contribution in [0.15, 0.2) is 67.1 Å². The summed E-state index contributed by atoms with van der Waals surface area (Å²) < 4.78 is 7.34. The monoisotopic (exact) mass is 430 g/mol. The van der Waals surface area contributed by atoms with Gasteiger partial charge in [-0.3, -0.25) is 4.79 Å². The maximum absolute atomic E-state index is 12.1. The number of benzene rings is 2. The van der Waals surface area contributed by atoms with E-state index in [4.69, 9.17) is 4.74 Å². The van der Waals surface area contributed by atoms with Crippen molar-refractivity contribution in [1.82, 2.24) is 25.1 Å². The molecule has 164 valence electrons. The molecule has 0 atom stereocenters. The van der Waals surface area contributed by atoms with Crippen LogP contribution >= 0.6 is 0 Å². The van der Waals surface area contributed by atoms with E-state index in [9.17, 15) is 4.79 Å². The van der Waals surface area contributed by atoms with E-state index in [-0.39, 0.29) is 12.5 Å². The number of fused-ring (bicyclic) bond motifs is 1. The van der Waals surface area contributed by atoms with Crippen molar-refractivity contribution < 1.29 is 9.53 Å². The topological polar surface area (TPSA) is 94.0 Å². The molecule has 1 amide bonds. The van der Waals surface area contributed by atoms with Crippen molar-refractivity contribution in [2.45, 2.75) is 19.9 Å². The number of rotatable bonds is 10. The van der Waals surface area contributed by atoms with E-state index < -0.39 is 0 Å². The SMILES string of the molecule is Cc1ccccc1OCC(=O)NCCn1ncc2c(NCCc3ccccc3)ncnc21. The minimum absolute atomic E-state index is 0.0254. The Labute approximate surface area is 186 Å². The van der Waals surface area contributed by atoms with Gasteiger partial charge in [0.25, 0.3) is 5.91 Å². The van der Waals surface area contributed by atoms with Crippen molar-refractivity contribution in [2.75, 3.05) is 25.0 Å². The van der Waals surface area contributed by atoms with Crippen LogP contribution < -0.4 is 15.4 Å². The summed E-state index contributed by atoms with van der Waals surface area (Å²) in [6, 6.07) is 17.9. The molecule has 32 heavy (non-hydrogen) atoms. The van der Waals surface area contributed by atoms with E-state index in [1.165, 1.54) is 11.9 Å². The summed E-state index contributed by atoms with van der Waals surface area (Å²) in [6.45, 7) is 3.61. The van der Waals surface area contributed by atoms with Crippen molar-refractivity contribution >= 4 is 22.8 Å². The quantitative estimate of drug-likeness (QED) is 0.402. The number of para-hydroxylation sites is 1. The Morgan fingerprint density at radius 1 is 1.03 bits per heavy atom. The Morgan fingerprint density at radius 3 is 2.69 bits per heavy atom. The fraction of sp³-hybridized carbons (Fsp3) is 0.250. The summed E-state index contributed by atoms with van der Waals surface area (Å²) >= 11 is 0. The van der Waals surface area contributed by atoms with Gasteiger partial charge in [0.1, 0.15) is 17.9 Å². The molecule has 0 unspecified atom stereocenters. The zero-order valence-electron chi connectivity index (χ0n) is 18.0. The van der Waals surface area contributed by atoms with Crippen LogP contribution in [0.4, 0.5) is 5.82 Å². The van der Waals surface area contributed by atoms with E-state index in [0.717, 1.165) is 35.4 Å². The molecule has 0 saturated carbocycles. The number of ether oxygens (including phenoxy) is 1. The number of nitrogens with zero attached hydrogens (tertiary/aromatic N) is 4. The largest absolute Gasteiger partial charge is 0.484 e. The van der Waals surface area contributed by atoms with Crippen molar-refractivity contribution in [3.8, 4) is 5.75 Å². The Kier molecular flexibility index (Phi) is 6.91. The molecule has 8 heteroatoms.